The van der Waals surface area contributed by atoms with Crippen LogP contribution < -0.4 is 14.2 Å². The second-order valence-corrected chi connectivity index (χ2v) is 7.59. The number of allylic oxidation sites excluding steroid dienone is 1. The van der Waals surface area contributed by atoms with Gasteiger partial charge < -0.3 is 33.9 Å². The molecule has 0 amide bonds. The zero-order chi connectivity index (χ0) is 22.3. The van der Waals surface area contributed by atoms with Crippen LogP contribution in [0.1, 0.15) is 17.3 Å². The highest BCUT2D eigenvalue weighted by molar-refractivity contribution is 6.11. The number of aliphatic hydroxyl groups excluding tert-OH is 1. The van der Waals surface area contributed by atoms with Gasteiger partial charge in [0.25, 0.3) is 0 Å². The van der Waals surface area contributed by atoms with Gasteiger partial charge in [0.15, 0.2) is 11.5 Å². The molecular weight excluding hydrogens is 404 g/mol. The first-order chi connectivity index (χ1) is 14.9. The van der Waals surface area contributed by atoms with Crippen molar-refractivity contribution in [1.29, 1.82) is 0 Å². The topological polar surface area (TPSA) is 97.3 Å². The van der Waals surface area contributed by atoms with Gasteiger partial charge in [0.05, 0.1) is 43.9 Å². The SMILES string of the molecule is COc1cc(C(=O)OCC2=C(N3CC3)C(O)C(C)=C(N3CC3)C2=O)cc(OC)c1OC. The lowest BCUT2D eigenvalue weighted by Gasteiger charge is -2.29. The Hall–Kier alpha value is -3.20. The Morgan fingerprint density at radius 1 is 1.03 bits per heavy atom. The number of hydrogen-bond acceptors (Lipinski definition) is 9. The number of ketones is 1. The van der Waals surface area contributed by atoms with E-state index in [0.29, 0.717) is 39.8 Å². The van der Waals surface area contributed by atoms with E-state index in [9.17, 15) is 14.7 Å². The van der Waals surface area contributed by atoms with Crippen LogP contribution in [0.5, 0.6) is 17.2 Å². The van der Waals surface area contributed by atoms with E-state index in [1.165, 1.54) is 33.5 Å². The summed E-state index contributed by atoms with van der Waals surface area (Å²) >= 11 is 0. The van der Waals surface area contributed by atoms with Crippen LogP contribution in [0.3, 0.4) is 0 Å². The van der Waals surface area contributed by atoms with Crippen molar-refractivity contribution in [2.75, 3.05) is 54.1 Å². The maximum Gasteiger partial charge on any atom is 0.338 e. The average Bonchev–Trinajstić information content (AvgIpc) is 3.68. The largest absolute Gasteiger partial charge is 0.493 e. The normalized spacial score (nSPS) is 20.2. The van der Waals surface area contributed by atoms with Crippen molar-refractivity contribution in [1.82, 2.24) is 9.80 Å². The van der Waals surface area contributed by atoms with Crippen molar-refractivity contribution < 1.29 is 33.6 Å². The molecule has 0 aromatic heterocycles. The standard InChI is InChI=1S/C22H26N2O7/c1-12-17(23-5-6-23)20(26)14(18(19(12)25)24-7-8-24)11-31-22(27)13-9-15(28-2)21(30-4)16(10-13)29-3/h9-10,19,25H,5-8,11H2,1-4H3. The predicted octanol–water partition coefficient (Wildman–Crippen LogP) is 0.972. The van der Waals surface area contributed by atoms with Crippen LogP contribution >= 0.6 is 0 Å². The van der Waals surface area contributed by atoms with Gasteiger partial charge >= 0.3 is 5.97 Å². The molecule has 3 aliphatic rings. The molecule has 9 heteroatoms. The zero-order valence-corrected chi connectivity index (χ0v) is 18.1. The van der Waals surface area contributed by atoms with Gasteiger partial charge in [-0.05, 0) is 24.6 Å². The Labute approximate surface area is 180 Å². The van der Waals surface area contributed by atoms with Crippen molar-refractivity contribution in [2.24, 2.45) is 0 Å². The van der Waals surface area contributed by atoms with Gasteiger partial charge in [0.1, 0.15) is 12.7 Å². The van der Waals surface area contributed by atoms with Crippen molar-refractivity contribution in [2.45, 2.75) is 13.0 Å². The Bertz CT molecular complexity index is 965. The number of Topliss-reactive ketones (excluding diaryl/α,β-unsaturated/α-hetero) is 1. The van der Waals surface area contributed by atoms with Gasteiger partial charge in [-0.25, -0.2) is 4.79 Å². The Morgan fingerprint density at radius 3 is 2.10 bits per heavy atom. The fourth-order valence-electron chi connectivity index (χ4n) is 3.82. The van der Waals surface area contributed by atoms with Gasteiger partial charge in [-0.1, -0.05) is 0 Å². The number of aliphatic hydroxyl groups is 1. The van der Waals surface area contributed by atoms with E-state index < -0.39 is 12.1 Å². The summed E-state index contributed by atoms with van der Waals surface area (Å²) in [6.07, 6.45) is -0.884. The minimum atomic E-state index is -0.884. The number of esters is 1. The van der Waals surface area contributed by atoms with E-state index in [0.717, 1.165) is 26.2 Å². The molecule has 1 atom stereocenters. The molecule has 1 aliphatic carbocycles. The Kier molecular flexibility index (Phi) is 5.53. The summed E-state index contributed by atoms with van der Waals surface area (Å²) in [6, 6.07) is 2.98. The molecule has 1 N–H and O–H groups in total. The van der Waals surface area contributed by atoms with Gasteiger partial charge in [0, 0.05) is 26.2 Å². The van der Waals surface area contributed by atoms with Crippen LogP contribution in [0.15, 0.2) is 34.7 Å². The lowest BCUT2D eigenvalue weighted by Crippen LogP contribution is -2.34. The minimum Gasteiger partial charge on any atom is -0.493 e. The third kappa shape index (κ3) is 3.81. The Morgan fingerprint density at radius 2 is 1.61 bits per heavy atom. The molecule has 0 bridgehead atoms. The second-order valence-electron chi connectivity index (χ2n) is 7.59. The molecule has 31 heavy (non-hydrogen) atoms. The van der Waals surface area contributed by atoms with Crippen molar-refractivity contribution >= 4 is 11.8 Å². The Balaban J connectivity index is 1.59. The fourth-order valence-corrected chi connectivity index (χ4v) is 3.82. The number of nitrogens with zero attached hydrogens (tertiary/aromatic N) is 2. The number of benzene rings is 1. The molecule has 4 rings (SSSR count). The molecule has 0 spiro atoms. The van der Waals surface area contributed by atoms with Crippen LogP contribution in [-0.4, -0.2) is 86.9 Å². The van der Waals surface area contributed by atoms with E-state index >= 15 is 0 Å². The molecule has 1 aromatic rings. The number of carbonyl (C=O) groups excluding carboxylic acids is 2. The summed E-state index contributed by atoms with van der Waals surface area (Å²) in [4.78, 5) is 29.8. The first kappa shape index (κ1) is 21.0. The van der Waals surface area contributed by atoms with E-state index in [4.69, 9.17) is 18.9 Å². The molecule has 1 unspecified atom stereocenters. The molecule has 0 saturated carbocycles. The lowest BCUT2D eigenvalue weighted by molar-refractivity contribution is -0.114. The maximum atomic E-state index is 13.2. The lowest BCUT2D eigenvalue weighted by atomic mass is 9.90. The van der Waals surface area contributed by atoms with E-state index in [2.05, 4.69) is 0 Å². The molecule has 2 fully saturated rings. The second kappa shape index (κ2) is 8.14. The summed E-state index contributed by atoms with van der Waals surface area (Å²) in [5, 5.41) is 10.8. The highest BCUT2D eigenvalue weighted by atomic mass is 16.5. The van der Waals surface area contributed by atoms with E-state index in [1.807, 2.05) is 9.80 Å². The fraction of sp³-hybridized carbons (Fsp3) is 0.455. The first-order valence-corrected chi connectivity index (χ1v) is 10.0. The first-order valence-electron chi connectivity index (χ1n) is 10.0. The van der Waals surface area contributed by atoms with Crippen LogP contribution in [0.25, 0.3) is 0 Å². The number of carbonyl (C=O) groups is 2. The summed E-state index contributed by atoms with van der Waals surface area (Å²) in [5.41, 5.74) is 2.20. The van der Waals surface area contributed by atoms with Crippen LogP contribution in [0.2, 0.25) is 0 Å². The number of ether oxygens (including phenoxy) is 4. The van der Waals surface area contributed by atoms with Crippen molar-refractivity contribution in [3.8, 4) is 17.2 Å². The highest BCUT2D eigenvalue weighted by Crippen LogP contribution is 2.39. The van der Waals surface area contributed by atoms with Gasteiger partial charge in [-0.2, -0.15) is 0 Å². The number of hydrogen-bond donors (Lipinski definition) is 1. The van der Waals surface area contributed by atoms with Crippen molar-refractivity contribution in [3.05, 3.63) is 40.2 Å². The van der Waals surface area contributed by atoms with Gasteiger partial charge in [-0.15, -0.1) is 0 Å². The summed E-state index contributed by atoms with van der Waals surface area (Å²) in [7, 11) is 4.39. The maximum absolute atomic E-state index is 13.2. The zero-order valence-electron chi connectivity index (χ0n) is 18.1. The number of methoxy groups -OCH3 is 3. The van der Waals surface area contributed by atoms with Crippen LogP contribution in [0.4, 0.5) is 0 Å². The summed E-state index contributed by atoms with van der Waals surface area (Å²) in [5.74, 6) is 0.176. The average molecular weight is 430 g/mol. The third-order valence-corrected chi connectivity index (χ3v) is 5.64. The predicted molar refractivity (Wildman–Crippen MR) is 110 cm³/mol. The van der Waals surface area contributed by atoms with Crippen molar-refractivity contribution in [3.63, 3.8) is 0 Å². The van der Waals surface area contributed by atoms with E-state index in [1.54, 1.807) is 6.92 Å². The van der Waals surface area contributed by atoms with Crippen LogP contribution in [-0.2, 0) is 9.53 Å². The monoisotopic (exact) mass is 430 g/mol. The molecule has 1 aromatic carbocycles. The van der Waals surface area contributed by atoms with E-state index in [-0.39, 0.29) is 18.0 Å². The smallest absolute Gasteiger partial charge is 0.338 e. The molecule has 2 aliphatic heterocycles. The summed E-state index contributed by atoms with van der Waals surface area (Å²) < 4.78 is 21.3. The highest BCUT2D eigenvalue weighted by Gasteiger charge is 2.42. The van der Waals surface area contributed by atoms with Gasteiger partial charge in [0.2, 0.25) is 11.5 Å². The van der Waals surface area contributed by atoms with Gasteiger partial charge in [-0.3, -0.25) is 4.79 Å². The molecule has 2 heterocycles. The molecule has 9 nitrogen and oxygen atoms in total. The number of rotatable bonds is 8. The van der Waals surface area contributed by atoms with Crippen LogP contribution in [0, 0.1) is 0 Å². The molecule has 2 saturated heterocycles. The minimum absolute atomic E-state index is 0.195. The third-order valence-electron chi connectivity index (χ3n) is 5.64. The quantitative estimate of drug-likeness (QED) is 0.478. The molecule has 166 valence electrons. The summed E-state index contributed by atoms with van der Waals surface area (Å²) in [6.45, 7) is 4.62. The molecular formula is C22H26N2O7. The molecule has 0 radical (unpaired) electrons.